The first-order valence-electron chi connectivity index (χ1n) is 10.1. The standard InChI is InChI=1S/C24H23FN2O2/c1-2-17-8-9-20(19(25)14-17)26-12-10-24(11-13-26)15-22-27(23(24)28)21(16-29-22)18-6-4-3-5-7-18/h1,3-9,14,21-22H,10-13,15-16H2/t21-,22-/m0/s1. The number of rotatable bonds is 2. The molecule has 0 radical (unpaired) electrons. The van der Waals surface area contributed by atoms with Crippen molar-refractivity contribution in [1.29, 1.82) is 0 Å². The number of anilines is 1. The molecule has 1 spiro atoms. The van der Waals surface area contributed by atoms with Crippen LogP contribution in [0, 0.1) is 23.6 Å². The number of ether oxygens (including phenoxy) is 1. The van der Waals surface area contributed by atoms with Crippen LogP contribution in [0.2, 0.25) is 0 Å². The molecule has 5 rings (SSSR count). The predicted octanol–water partition coefficient (Wildman–Crippen LogP) is 3.72. The Labute approximate surface area is 170 Å². The van der Waals surface area contributed by atoms with Crippen molar-refractivity contribution in [3.05, 3.63) is 65.5 Å². The van der Waals surface area contributed by atoms with E-state index in [9.17, 15) is 9.18 Å². The van der Waals surface area contributed by atoms with Crippen molar-refractivity contribution in [1.82, 2.24) is 4.90 Å². The molecule has 29 heavy (non-hydrogen) atoms. The normalized spacial score (nSPS) is 25.3. The fourth-order valence-corrected chi connectivity index (χ4v) is 5.07. The van der Waals surface area contributed by atoms with Crippen LogP contribution in [0.3, 0.4) is 0 Å². The van der Waals surface area contributed by atoms with Crippen LogP contribution in [0.5, 0.6) is 0 Å². The number of fused-ring (bicyclic) bond motifs is 1. The summed E-state index contributed by atoms with van der Waals surface area (Å²) in [6.07, 6.45) is 7.35. The fraction of sp³-hybridized carbons (Fsp3) is 0.375. The van der Waals surface area contributed by atoms with Crippen LogP contribution in [0.25, 0.3) is 0 Å². The molecule has 0 saturated carbocycles. The zero-order chi connectivity index (χ0) is 20.0. The molecule has 3 saturated heterocycles. The molecule has 2 aromatic rings. The Kier molecular flexibility index (Phi) is 4.33. The average Bonchev–Trinajstić information content (AvgIpc) is 3.28. The number of carbonyl (C=O) groups is 1. The van der Waals surface area contributed by atoms with Gasteiger partial charge in [0.15, 0.2) is 0 Å². The molecule has 3 aliphatic rings. The molecular formula is C24H23FN2O2. The first-order valence-corrected chi connectivity index (χ1v) is 10.1. The van der Waals surface area contributed by atoms with Crippen LogP contribution >= 0.6 is 0 Å². The predicted molar refractivity (Wildman–Crippen MR) is 109 cm³/mol. The van der Waals surface area contributed by atoms with Crippen LogP contribution in [-0.2, 0) is 9.53 Å². The molecule has 5 heteroatoms. The third-order valence-electron chi connectivity index (χ3n) is 6.71. The number of halogens is 1. The largest absolute Gasteiger partial charge is 0.369 e. The summed E-state index contributed by atoms with van der Waals surface area (Å²) in [5, 5.41) is 0. The zero-order valence-corrected chi connectivity index (χ0v) is 16.2. The van der Waals surface area contributed by atoms with Crippen LogP contribution in [-0.4, -0.2) is 36.7 Å². The van der Waals surface area contributed by atoms with Gasteiger partial charge in [-0.1, -0.05) is 36.3 Å². The van der Waals surface area contributed by atoms with E-state index in [0.717, 1.165) is 12.0 Å². The van der Waals surface area contributed by atoms with Crippen molar-refractivity contribution in [3.8, 4) is 12.3 Å². The van der Waals surface area contributed by atoms with E-state index < -0.39 is 5.41 Å². The van der Waals surface area contributed by atoms with Gasteiger partial charge in [0.05, 0.1) is 23.8 Å². The van der Waals surface area contributed by atoms with Gasteiger partial charge in [0, 0.05) is 25.1 Å². The van der Waals surface area contributed by atoms with E-state index in [1.807, 2.05) is 28.0 Å². The summed E-state index contributed by atoms with van der Waals surface area (Å²) in [4.78, 5) is 17.4. The molecule has 0 bridgehead atoms. The summed E-state index contributed by atoms with van der Waals surface area (Å²) < 4.78 is 20.5. The summed E-state index contributed by atoms with van der Waals surface area (Å²) in [5.41, 5.74) is 1.82. The maximum atomic E-state index is 14.5. The minimum Gasteiger partial charge on any atom is -0.369 e. The molecule has 3 heterocycles. The third kappa shape index (κ3) is 2.90. The van der Waals surface area contributed by atoms with Gasteiger partial charge in [-0.3, -0.25) is 4.79 Å². The van der Waals surface area contributed by atoms with Crippen molar-refractivity contribution in [3.63, 3.8) is 0 Å². The van der Waals surface area contributed by atoms with Gasteiger partial charge in [0.1, 0.15) is 12.0 Å². The van der Waals surface area contributed by atoms with Crippen molar-refractivity contribution >= 4 is 11.6 Å². The van der Waals surface area contributed by atoms with Crippen LogP contribution in [0.1, 0.15) is 36.4 Å². The van der Waals surface area contributed by atoms with Gasteiger partial charge in [0.25, 0.3) is 0 Å². The van der Waals surface area contributed by atoms with Gasteiger partial charge in [-0.2, -0.15) is 0 Å². The number of hydrogen-bond acceptors (Lipinski definition) is 3. The number of hydrogen-bond donors (Lipinski definition) is 0. The van der Waals surface area contributed by atoms with E-state index in [-0.39, 0.29) is 24.0 Å². The first kappa shape index (κ1) is 18.2. The van der Waals surface area contributed by atoms with Crippen LogP contribution in [0.15, 0.2) is 48.5 Å². The van der Waals surface area contributed by atoms with E-state index in [1.165, 1.54) is 6.07 Å². The highest BCUT2D eigenvalue weighted by Gasteiger charge is 2.57. The molecule has 2 aromatic carbocycles. The molecule has 3 aliphatic heterocycles. The third-order valence-corrected chi connectivity index (χ3v) is 6.71. The Morgan fingerprint density at radius 2 is 1.90 bits per heavy atom. The smallest absolute Gasteiger partial charge is 0.231 e. The molecule has 148 valence electrons. The average molecular weight is 390 g/mol. The van der Waals surface area contributed by atoms with E-state index in [4.69, 9.17) is 11.2 Å². The molecule has 0 aromatic heterocycles. The number of piperidine rings is 1. The lowest BCUT2D eigenvalue weighted by Gasteiger charge is -2.39. The topological polar surface area (TPSA) is 32.8 Å². The van der Waals surface area contributed by atoms with E-state index >= 15 is 0 Å². The summed E-state index contributed by atoms with van der Waals surface area (Å²) >= 11 is 0. The van der Waals surface area contributed by atoms with Crippen LogP contribution in [0.4, 0.5) is 10.1 Å². The molecule has 0 N–H and O–H groups in total. The second-order valence-electron chi connectivity index (χ2n) is 8.21. The molecule has 4 nitrogen and oxygen atoms in total. The maximum absolute atomic E-state index is 14.5. The van der Waals surface area contributed by atoms with E-state index in [1.54, 1.807) is 12.1 Å². The molecule has 0 unspecified atom stereocenters. The van der Waals surface area contributed by atoms with Crippen molar-refractivity contribution in [2.45, 2.75) is 31.5 Å². The molecule has 3 fully saturated rings. The minimum atomic E-state index is -0.399. The van der Waals surface area contributed by atoms with Gasteiger partial charge in [0.2, 0.25) is 5.91 Å². The highest BCUT2D eigenvalue weighted by molar-refractivity contribution is 5.86. The van der Waals surface area contributed by atoms with Crippen molar-refractivity contribution < 1.29 is 13.9 Å². The summed E-state index contributed by atoms with van der Waals surface area (Å²) in [5.74, 6) is 2.35. The first-order chi connectivity index (χ1) is 14.1. The molecule has 0 aliphatic carbocycles. The molecular weight excluding hydrogens is 367 g/mol. The van der Waals surface area contributed by atoms with Crippen LogP contribution < -0.4 is 4.90 Å². The lowest BCUT2D eigenvalue weighted by molar-refractivity contribution is -0.139. The monoisotopic (exact) mass is 390 g/mol. The fourth-order valence-electron chi connectivity index (χ4n) is 5.07. The van der Waals surface area contributed by atoms with Gasteiger partial charge in [-0.05, 0) is 36.6 Å². The molecule has 1 amide bonds. The zero-order valence-electron chi connectivity index (χ0n) is 16.2. The lowest BCUT2D eigenvalue weighted by atomic mass is 9.76. The summed E-state index contributed by atoms with van der Waals surface area (Å²) in [6.45, 7) is 1.85. The molecule has 2 atom stereocenters. The number of carbonyl (C=O) groups excluding carboxylic acids is 1. The second-order valence-corrected chi connectivity index (χ2v) is 8.21. The number of amides is 1. The van der Waals surface area contributed by atoms with Crippen molar-refractivity contribution in [2.24, 2.45) is 5.41 Å². The SMILES string of the molecule is C#Cc1ccc(N2CCC3(CC2)C[C@@H]2OC[C@@H](c4ccccc4)N2C3=O)c(F)c1. The maximum Gasteiger partial charge on any atom is 0.231 e. The van der Waals surface area contributed by atoms with Gasteiger partial charge >= 0.3 is 0 Å². The van der Waals surface area contributed by atoms with E-state index in [0.29, 0.717) is 43.8 Å². The van der Waals surface area contributed by atoms with E-state index in [2.05, 4.69) is 18.1 Å². The quantitative estimate of drug-likeness (QED) is 0.733. The van der Waals surface area contributed by atoms with Gasteiger partial charge in [-0.25, -0.2) is 4.39 Å². The Morgan fingerprint density at radius 3 is 2.59 bits per heavy atom. The van der Waals surface area contributed by atoms with Crippen molar-refractivity contribution in [2.75, 3.05) is 24.6 Å². The van der Waals surface area contributed by atoms with Gasteiger partial charge < -0.3 is 14.5 Å². The summed E-state index contributed by atoms with van der Waals surface area (Å²) in [7, 11) is 0. The Balaban J connectivity index is 1.33. The Morgan fingerprint density at radius 1 is 1.14 bits per heavy atom. The highest BCUT2D eigenvalue weighted by Crippen LogP contribution is 2.50. The number of nitrogens with zero attached hydrogens (tertiary/aromatic N) is 2. The second kappa shape index (κ2) is 6.89. The highest BCUT2D eigenvalue weighted by atomic mass is 19.1. The Hall–Kier alpha value is -2.84. The van der Waals surface area contributed by atoms with Gasteiger partial charge in [-0.15, -0.1) is 6.42 Å². The number of terminal acetylenes is 1. The number of benzene rings is 2. The Bertz CT molecular complexity index is 976. The minimum absolute atomic E-state index is 0.0140. The lowest BCUT2D eigenvalue weighted by Crippen LogP contribution is -2.45. The summed E-state index contributed by atoms with van der Waals surface area (Å²) in [6, 6.07) is 15.0.